The quantitative estimate of drug-likeness (QED) is 0.917. The minimum atomic E-state index is -0.569. The molecule has 0 aliphatic rings. The number of nitrogens with zero attached hydrogens (tertiary/aromatic N) is 3. The number of rotatable bonds is 5. The van der Waals surface area contributed by atoms with Crippen LogP contribution in [0.3, 0.4) is 0 Å². The number of pyridine rings is 1. The van der Waals surface area contributed by atoms with Crippen LogP contribution in [0.15, 0.2) is 22.8 Å². The molecule has 18 heavy (non-hydrogen) atoms. The van der Waals surface area contributed by atoms with Gasteiger partial charge in [0.15, 0.2) is 0 Å². The molecule has 2 aromatic rings. The fourth-order valence-electron chi connectivity index (χ4n) is 1.70. The Morgan fingerprint density at radius 3 is 2.94 bits per heavy atom. The van der Waals surface area contributed by atoms with Crippen LogP contribution in [0.25, 0.3) is 0 Å². The first-order chi connectivity index (χ1) is 8.70. The number of hydrogen-bond donors (Lipinski definition) is 1. The lowest BCUT2D eigenvalue weighted by atomic mass is 10.1. The Morgan fingerprint density at radius 1 is 1.44 bits per heavy atom. The van der Waals surface area contributed by atoms with Crippen LogP contribution in [-0.4, -0.2) is 19.7 Å². The molecule has 1 atom stereocenters. The zero-order valence-corrected chi connectivity index (χ0v) is 12.4. The van der Waals surface area contributed by atoms with Gasteiger partial charge in [0.05, 0.1) is 16.7 Å². The fraction of sp³-hybridized carbons (Fsp3) is 0.417. The normalized spacial score (nSPS) is 12.6. The maximum Gasteiger partial charge on any atom is 0.0972 e. The minimum absolute atomic E-state index is 0.494. The molecule has 6 heteroatoms. The molecule has 2 heterocycles. The van der Waals surface area contributed by atoms with E-state index in [1.165, 1.54) is 11.5 Å². The van der Waals surface area contributed by atoms with Crippen LogP contribution in [0.1, 0.15) is 35.7 Å². The summed E-state index contributed by atoms with van der Waals surface area (Å²) < 4.78 is 4.86. The van der Waals surface area contributed by atoms with Gasteiger partial charge in [0.1, 0.15) is 0 Å². The molecule has 2 rings (SSSR count). The third kappa shape index (κ3) is 3.34. The van der Waals surface area contributed by atoms with Crippen molar-refractivity contribution in [3.63, 3.8) is 0 Å². The Hall–Kier alpha value is -0.850. The SMILES string of the molecule is CCCc1nnsc1C(O)Cc1ccc(Br)cn1. The summed E-state index contributed by atoms with van der Waals surface area (Å²) >= 11 is 4.61. The van der Waals surface area contributed by atoms with E-state index in [2.05, 4.69) is 37.4 Å². The molecule has 0 radical (unpaired) electrons. The number of aliphatic hydroxyl groups excluding tert-OH is 1. The highest BCUT2D eigenvalue weighted by molar-refractivity contribution is 9.10. The van der Waals surface area contributed by atoms with Crippen molar-refractivity contribution >= 4 is 27.5 Å². The summed E-state index contributed by atoms with van der Waals surface area (Å²) in [6.45, 7) is 2.09. The summed E-state index contributed by atoms with van der Waals surface area (Å²) in [5.74, 6) is 0. The number of halogens is 1. The molecule has 0 saturated carbocycles. The van der Waals surface area contributed by atoms with E-state index in [0.29, 0.717) is 6.42 Å². The molecule has 2 aromatic heterocycles. The molecule has 0 aliphatic carbocycles. The number of aliphatic hydroxyl groups is 1. The summed E-state index contributed by atoms with van der Waals surface area (Å²) in [7, 11) is 0. The van der Waals surface area contributed by atoms with Crippen molar-refractivity contribution in [3.8, 4) is 0 Å². The molecular formula is C12H14BrN3OS. The third-order valence-electron chi connectivity index (χ3n) is 2.57. The van der Waals surface area contributed by atoms with Crippen LogP contribution in [-0.2, 0) is 12.8 Å². The monoisotopic (exact) mass is 327 g/mol. The summed E-state index contributed by atoms with van der Waals surface area (Å²) in [6.07, 6.45) is 3.52. The average Bonchev–Trinajstić information content (AvgIpc) is 2.81. The first-order valence-corrected chi connectivity index (χ1v) is 7.37. The number of aromatic nitrogens is 3. The molecule has 0 amide bonds. The van der Waals surface area contributed by atoms with Crippen LogP contribution in [0.4, 0.5) is 0 Å². The van der Waals surface area contributed by atoms with Gasteiger partial charge in [-0.1, -0.05) is 17.8 Å². The van der Waals surface area contributed by atoms with Gasteiger partial charge in [0.2, 0.25) is 0 Å². The van der Waals surface area contributed by atoms with E-state index in [4.69, 9.17) is 0 Å². The Balaban J connectivity index is 2.09. The lowest BCUT2D eigenvalue weighted by Gasteiger charge is -2.09. The largest absolute Gasteiger partial charge is 0.387 e. The second kappa shape index (κ2) is 6.36. The Bertz CT molecular complexity index is 500. The Labute approximate surface area is 118 Å². The second-order valence-electron chi connectivity index (χ2n) is 4.02. The van der Waals surface area contributed by atoms with Crippen molar-refractivity contribution in [3.05, 3.63) is 39.1 Å². The maximum atomic E-state index is 10.2. The van der Waals surface area contributed by atoms with Gasteiger partial charge in [0.25, 0.3) is 0 Å². The van der Waals surface area contributed by atoms with Gasteiger partial charge in [0, 0.05) is 22.8 Å². The van der Waals surface area contributed by atoms with Crippen molar-refractivity contribution < 1.29 is 5.11 Å². The summed E-state index contributed by atoms with van der Waals surface area (Å²) in [5.41, 5.74) is 1.77. The molecular weight excluding hydrogens is 314 g/mol. The van der Waals surface area contributed by atoms with E-state index < -0.39 is 6.10 Å². The molecule has 4 nitrogen and oxygen atoms in total. The highest BCUT2D eigenvalue weighted by Crippen LogP contribution is 2.24. The van der Waals surface area contributed by atoms with E-state index in [9.17, 15) is 5.11 Å². The van der Waals surface area contributed by atoms with Crippen molar-refractivity contribution in [2.24, 2.45) is 0 Å². The molecule has 0 aliphatic heterocycles. The zero-order chi connectivity index (χ0) is 13.0. The van der Waals surface area contributed by atoms with E-state index in [0.717, 1.165) is 33.6 Å². The van der Waals surface area contributed by atoms with E-state index in [-0.39, 0.29) is 0 Å². The van der Waals surface area contributed by atoms with Crippen molar-refractivity contribution in [2.75, 3.05) is 0 Å². The molecule has 0 aromatic carbocycles. The Morgan fingerprint density at radius 2 is 2.28 bits per heavy atom. The predicted octanol–water partition coefficient (Wildman–Crippen LogP) is 2.92. The van der Waals surface area contributed by atoms with Crippen molar-refractivity contribution in [2.45, 2.75) is 32.3 Å². The first kappa shape index (κ1) is 13.6. The second-order valence-corrected chi connectivity index (χ2v) is 5.72. The highest BCUT2D eigenvalue weighted by Gasteiger charge is 2.17. The topological polar surface area (TPSA) is 58.9 Å². The van der Waals surface area contributed by atoms with E-state index >= 15 is 0 Å². The maximum absolute atomic E-state index is 10.2. The number of aryl methyl sites for hydroxylation is 1. The zero-order valence-electron chi connectivity index (χ0n) is 10.0. The summed E-state index contributed by atoms with van der Waals surface area (Å²) in [4.78, 5) is 5.12. The Kier molecular flexibility index (Phi) is 4.79. The van der Waals surface area contributed by atoms with Crippen LogP contribution >= 0.6 is 27.5 Å². The highest BCUT2D eigenvalue weighted by atomic mass is 79.9. The molecule has 0 bridgehead atoms. The molecule has 0 saturated heterocycles. The fourth-order valence-corrected chi connectivity index (χ4v) is 2.61. The van der Waals surface area contributed by atoms with Gasteiger partial charge in [-0.05, 0) is 46.0 Å². The van der Waals surface area contributed by atoms with Gasteiger partial charge < -0.3 is 5.11 Å². The third-order valence-corrected chi connectivity index (χ3v) is 3.90. The van der Waals surface area contributed by atoms with Crippen LogP contribution < -0.4 is 0 Å². The summed E-state index contributed by atoms with van der Waals surface area (Å²) in [6, 6.07) is 3.83. The van der Waals surface area contributed by atoms with Crippen molar-refractivity contribution in [1.82, 2.24) is 14.6 Å². The van der Waals surface area contributed by atoms with Gasteiger partial charge in [-0.15, -0.1) is 5.10 Å². The van der Waals surface area contributed by atoms with E-state index in [1.807, 2.05) is 12.1 Å². The summed E-state index contributed by atoms with van der Waals surface area (Å²) in [5, 5.41) is 14.3. The van der Waals surface area contributed by atoms with Gasteiger partial charge in [-0.3, -0.25) is 4.98 Å². The van der Waals surface area contributed by atoms with Crippen LogP contribution in [0, 0.1) is 0 Å². The lowest BCUT2D eigenvalue weighted by Crippen LogP contribution is -2.04. The minimum Gasteiger partial charge on any atom is -0.387 e. The molecule has 0 spiro atoms. The van der Waals surface area contributed by atoms with Crippen LogP contribution in [0.5, 0.6) is 0 Å². The molecule has 96 valence electrons. The molecule has 1 N–H and O–H groups in total. The van der Waals surface area contributed by atoms with E-state index in [1.54, 1.807) is 6.20 Å². The van der Waals surface area contributed by atoms with Gasteiger partial charge in [-0.25, -0.2) is 0 Å². The predicted molar refractivity (Wildman–Crippen MR) is 74.5 cm³/mol. The smallest absolute Gasteiger partial charge is 0.0972 e. The first-order valence-electron chi connectivity index (χ1n) is 5.80. The number of hydrogen-bond acceptors (Lipinski definition) is 5. The van der Waals surface area contributed by atoms with Crippen molar-refractivity contribution in [1.29, 1.82) is 0 Å². The van der Waals surface area contributed by atoms with Crippen LogP contribution in [0.2, 0.25) is 0 Å². The average molecular weight is 328 g/mol. The standard InChI is InChI=1S/C12H14BrN3OS/c1-2-3-10-12(18-16-15-10)11(17)6-9-5-4-8(13)7-14-9/h4-5,7,11,17H,2-3,6H2,1H3. The molecule has 0 fully saturated rings. The van der Waals surface area contributed by atoms with Gasteiger partial charge in [-0.2, -0.15) is 0 Å². The van der Waals surface area contributed by atoms with Gasteiger partial charge >= 0.3 is 0 Å². The lowest BCUT2D eigenvalue weighted by molar-refractivity contribution is 0.179. The molecule has 1 unspecified atom stereocenters.